The minimum absolute atomic E-state index is 0. The first kappa shape index (κ1) is 14.0. The monoisotopic (exact) mass is 254 g/mol. The smallest absolute Gasteiger partial charge is 0.294 e. The Morgan fingerprint density at radius 1 is 1.13 bits per heavy atom. The number of methoxy groups -OCH3 is 2. The van der Waals surface area contributed by atoms with Crippen molar-refractivity contribution in [2.24, 2.45) is 0 Å². The molecule has 1 rings (SSSR count). The molecule has 1 N–H and O–H groups in total. The maximum Gasteiger partial charge on any atom is 0.294 e. The van der Waals surface area contributed by atoms with Gasteiger partial charge in [-0.2, -0.15) is 8.42 Å². The molecule has 15 heavy (non-hydrogen) atoms. The fourth-order valence-electron chi connectivity index (χ4n) is 0.977. The Labute approximate surface area is 94.2 Å². The van der Waals surface area contributed by atoms with Gasteiger partial charge in [0, 0.05) is 6.07 Å². The van der Waals surface area contributed by atoms with E-state index in [1.165, 1.54) is 32.4 Å². The quantitative estimate of drug-likeness (QED) is 0.825. The van der Waals surface area contributed by atoms with Crippen molar-refractivity contribution in [3.8, 4) is 11.5 Å². The molecule has 0 aliphatic heterocycles. The van der Waals surface area contributed by atoms with E-state index < -0.39 is 10.1 Å². The SMILES string of the molecule is COc1ccc(S(=O)(=O)O)cc1OC.Cl. The zero-order chi connectivity index (χ0) is 10.8. The lowest BCUT2D eigenvalue weighted by Crippen LogP contribution is -1.99. The number of ether oxygens (including phenoxy) is 2. The van der Waals surface area contributed by atoms with Gasteiger partial charge in [-0.3, -0.25) is 4.55 Å². The molecule has 0 unspecified atom stereocenters. The van der Waals surface area contributed by atoms with E-state index in [1.54, 1.807) is 0 Å². The second-order valence-electron chi connectivity index (χ2n) is 2.49. The average molecular weight is 255 g/mol. The van der Waals surface area contributed by atoms with Crippen molar-refractivity contribution < 1.29 is 22.4 Å². The topological polar surface area (TPSA) is 72.8 Å². The predicted octanol–water partition coefficient (Wildman–Crippen LogP) is 1.37. The highest BCUT2D eigenvalue weighted by molar-refractivity contribution is 7.85. The standard InChI is InChI=1S/C8H10O5S.ClH/c1-12-7-4-3-6(14(9,10)11)5-8(7)13-2;/h3-5H,1-2H3,(H,9,10,11);1H. The lowest BCUT2D eigenvalue weighted by atomic mass is 10.3. The Balaban J connectivity index is 0.00000196. The molecule has 0 amide bonds. The summed E-state index contributed by atoms with van der Waals surface area (Å²) < 4.78 is 40.0. The minimum atomic E-state index is -4.20. The summed E-state index contributed by atoms with van der Waals surface area (Å²) in [4.78, 5) is -0.227. The number of halogens is 1. The van der Waals surface area contributed by atoms with Gasteiger partial charge in [-0.1, -0.05) is 0 Å². The summed E-state index contributed by atoms with van der Waals surface area (Å²) in [5, 5.41) is 0. The van der Waals surface area contributed by atoms with Crippen molar-refractivity contribution in [1.29, 1.82) is 0 Å². The molecule has 1 aromatic rings. The van der Waals surface area contributed by atoms with E-state index >= 15 is 0 Å². The highest BCUT2D eigenvalue weighted by Gasteiger charge is 2.13. The first-order valence-electron chi connectivity index (χ1n) is 3.68. The van der Waals surface area contributed by atoms with Crippen molar-refractivity contribution in [1.82, 2.24) is 0 Å². The summed E-state index contributed by atoms with van der Waals surface area (Å²) in [7, 11) is -1.38. The number of rotatable bonds is 3. The van der Waals surface area contributed by atoms with E-state index in [4.69, 9.17) is 14.0 Å². The molecular weight excluding hydrogens is 244 g/mol. The van der Waals surface area contributed by atoms with Crippen LogP contribution in [0.15, 0.2) is 23.1 Å². The van der Waals surface area contributed by atoms with Crippen LogP contribution < -0.4 is 9.47 Å². The van der Waals surface area contributed by atoms with Gasteiger partial charge in [0.15, 0.2) is 11.5 Å². The van der Waals surface area contributed by atoms with Gasteiger partial charge >= 0.3 is 0 Å². The van der Waals surface area contributed by atoms with Gasteiger partial charge in [0.1, 0.15) is 0 Å². The Kier molecular flexibility index (Phi) is 4.86. The van der Waals surface area contributed by atoms with Crippen LogP contribution in [0.4, 0.5) is 0 Å². The van der Waals surface area contributed by atoms with E-state index in [2.05, 4.69) is 0 Å². The van der Waals surface area contributed by atoms with Gasteiger partial charge in [-0.05, 0) is 12.1 Å². The summed E-state index contributed by atoms with van der Waals surface area (Å²) in [6.45, 7) is 0. The molecule has 0 saturated heterocycles. The average Bonchev–Trinajstić information content (AvgIpc) is 2.15. The highest BCUT2D eigenvalue weighted by Crippen LogP contribution is 2.29. The molecule has 0 radical (unpaired) electrons. The summed E-state index contributed by atoms with van der Waals surface area (Å²) in [6.07, 6.45) is 0. The second-order valence-corrected chi connectivity index (χ2v) is 3.91. The molecule has 0 aliphatic rings. The number of benzene rings is 1. The molecule has 1 aromatic carbocycles. The van der Waals surface area contributed by atoms with E-state index in [0.717, 1.165) is 0 Å². The molecule has 7 heteroatoms. The Morgan fingerprint density at radius 2 is 1.67 bits per heavy atom. The molecule has 0 aromatic heterocycles. The second kappa shape index (κ2) is 5.20. The summed E-state index contributed by atoms with van der Waals surface area (Å²) in [5.41, 5.74) is 0. The molecule has 0 atom stereocenters. The van der Waals surface area contributed by atoms with Crippen molar-refractivity contribution in [3.05, 3.63) is 18.2 Å². The van der Waals surface area contributed by atoms with E-state index in [9.17, 15) is 8.42 Å². The fraction of sp³-hybridized carbons (Fsp3) is 0.250. The van der Waals surface area contributed by atoms with E-state index in [0.29, 0.717) is 5.75 Å². The molecule has 86 valence electrons. The lowest BCUT2D eigenvalue weighted by molar-refractivity contribution is 0.353. The van der Waals surface area contributed by atoms with Gasteiger partial charge in [-0.25, -0.2) is 0 Å². The zero-order valence-corrected chi connectivity index (χ0v) is 9.76. The van der Waals surface area contributed by atoms with Gasteiger partial charge in [0.25, 0.3) is 10.1 Å². The molecule has 5 nitrogen and oxygen atoms in total. The number of hydrogen-bond acceptors (Lipinski definition) is 4. The summed E-state index contributed by atoms with van der Waals surface area (Å²) in [6, 6.07) is 3.83. The van der Waals surface area contributed by atoms with Crippen LogP contribution in [-0.4, -0.2) is 27.2 Å². The van der Waals surface area contributed by atoms with Crippen LogP contribution in [0, 0.1) is 0 Å². The largest absolute Gasteiger partial charge is 0.493 e. The Morgan fingerprint density at radius 3 is 2.07 bits per heavy atom. The lowest BCUT2D eigenvalue weighted by Gasteiger charge is -2.07. The predicted molar refractivity (Wildman–Crippen MR) is 56.6 cm³/mol. The van der Waals surface area contributed by atoms with Crippen molar-refractivity contribution >= 4 is 22.5 Å². The van der Waals surface area contributed by atoms with Gasteiger partial charge in [-0.15, -0.1) is 12.4 Å². The third kappa shape index (κ3) is 3.26. The first-order valence-corrected chi connectivity index (χ1v) is 5.12. The maximum absolute atomic E-state index is 10.8. The van der Waals surface area contributed by atoms with Crippen LogP contribution in [0.1, 0.15) is 0 Å². The van der Waals surface area contributed by atoms with Crippen molar-refractivity contribution in [2.45, 2.75) is 4.90 Å². The maximum atomic E-state index is 10.8. The molecule has 0 spiro atoms. The molecule has 0 bridgehead atoms. The third-order valence-corrected chi connectivity index (χ3v) is 2.50. The van der Waals surface area contributed by atoms with Crippen LogP contribution in [0.3, 0.4) is 0 Å². The van der Waals surface area contributed by atoms with Crippen molar-refractivity contribution in [3.63, 3.8) is 0 Å². The molecule has 0 heterocycles. The van der Waals surface area contributed by atoms with Crippen molar-refractivity contribution in [2.75, 3.05) is 14.2 Å². The number of hydrogen-bond donors (Lipinski definition) is 1. The summed E-state index contributed by atoms with van der Waals surface area (Å²) in [5.74, 6) is 0.655. The third-order valence-electron chi connectivity index (χ3n) is 1.65. The van der Waals surface area contributed by atoms with Gasteiger partial charge in [0.2, 0.25) is 0 Å². The van der Waals surface area contributed by atoms with E-state index in [1.807, 2.05) is 0 Å². The molecule has 0 saturated carbocycles. The first-order chi connectivity index (χ1) is 6.49. The summed E-state index contributed by atoms with van der Waals surface area (Å²) >= 11 is 0. The van der Waals surface area contributed by atoms with Gasteiger partial charge < -0.3 is 9.47 Å². The molecule has 0 fully saturated rings. The molecular formula is C8H11ClO5S. The highest BCUT2D eigenvalue weighted by atomic mass is 35.5. The van der Waals surface area contributed by atoms with Crippen LogP contribution in [0.5, 0.6) is 11.5 Å². The fourth-order valence-corrected chi connectivity index (χ4v) is 1.47. The van der Waals surface area contributed by atoms with Gasteiger partial charge in [0.05, 0.1) is 19.1 Å². The van der Waals surface area contributed by atoms with Crippen LogP contribution >= 0.6 is 12.4 Å². The van der Waals surface area contributed by atoms with Crippen LogP contribution in [0.2, 0.25) is 0 Å². The Hall–Kier alpha value is -0.980. The Bertz CT molecular complexity index is 429. The molecule has 0 aliphatic carbocycles. The minimum Gasteiger partial charge on any atom is -0.493 e. The van der Waals surface area contributed by atoms with Crippen LogP contribution in [0.25, 0.3) is 0 Å². The van der Waals surface area contributed by atoms with Crippen LogP contribution in [-0.2, 0) is 10.1 Å². The normalized spacial score (nSPS) is 10.3. The van der Waals surface area contributed by atoms with E-state index in [-0.39, 0.29) is 23.1 Å². The zero-order valence-electron chi connectivity index (χ0n) is 8.13.